The summed E-state index contributed by atoms with van der Waals surface area (Å²) in [4.78, 5) is 14.3. The third-order valence-corrected chi connectivity index (χ3v) is 4.10. The van der Waals surface area contributed by atoms with E-state index in [4.69, 9.17) is 4.74 Å². The maximum atomic E-state index is 10.7. The predicted octanol–water partition coefficient (Wildman–Crippen LogP) is 2.84. The molecule has 0 atom stereocenters. The number of nitrogens with zero attached hydrogens (tertiary/aromatic N) is 3. The summed E-state index contributed by atoms with van der Waals surface area (Å²) >= 11 is 1.55. The first-order valence-electron chi connectivity index (χ1n) is 5.89. The molecule has 0 aliphatic heterocycles. The normalized spacial score (nSPS) is 10.7. The predicted molar refractivity (Wildman–Crippen MR) is 72.6 cm³/mol. The number of thiophene rings is 1. The molecule has 2 aromatic heterocycles. The average molecular weight is 281 g/mol. The van der Waals surface area contributed by atoms with Crippen LogP contribution in [0.1, 0.15) is 23.9 Å². The zero-order valence-electron chi connectivity index (χ0n) is 11.0. The van der Waals surface area contributed by atoms with Crippen molar-refractivity contribution in [3.8, 4) is 5.06 Å². The minimum Gasteiger partial charge on any atom is -0.473 e. The van der Waals surface area contributed by atoms with E-state index in [-0.39, 0.29) is 12.4 Å². The Morgan fingerprint density at radius 1 is 1.58 bits per heavy atom. The minimum absolute atomic E-state index is 0.0317. The van der Waals surface area contributed by atoms with Gasteiger partial charge in [0.25, 0.3) is 0 Å². The highest BCUT2D eigenvalue weighted by atomic mass is 32.1. The van der Waals surface area contributed by atoms with Gasteiger partial charge in [0.05, 0.1) is 7.05 Å². The Morgan fingerprint density at radius 3 is 2.84 bits per heavy atom. The third-order valence-electron chi connectivity index (χ3n) is 3.06. The fraction of sp³-hybridized carbons (Fsp3) is 0.417. The van der Waals surface area contributed by atoms with Gasteiger partial charge in [-0.1, -0.05) is 6.92 Å². The number of rotatable bonds is 5. The molecule has 0 bridgehead atoms. The number of ether oxygens (including phenoxy) is 1. The average Bonchev–Trinajstić information content (AvgIpc) is 2.91. The second-order valence-electron chi connectivity index (χ2n) is 4.16. The molecule has 0 radical (unpaired) electrons. The maximum Gasteiger partial charge on any atom is 0.342 e. The molecule has 2 rings (SSSR count). The van der Waals surface area contributed by atoms with Gasteiger partial charge in [-0.2, -0.15) is 0 Å². The van der Waals surface area contributed by atoms with Crippen LogP contribution in [0.2, 0.25) is 0 Å². The van der Waals surface area contributed by atoms with Crippen molar-refractivity contribution >= 4 is 17.2 Å². The largest absolute Gasteiger partial charge is 0.473 e. The monoisotopic (exact) mass is 281 g/mol. The summed E-state index contributed by atoms with van der Waals surface area (Å²) in [5, 5.41) is 13.6. The summed E-state index contributed by atoms with van der Waals surface area (Å²) in [6, 6.07) is 0. The molecular weight excluding hydrogens is 266 g/mol. The van der Waals surface area contributed by atoms with Gasteiger partial charge in [0, 0.05) is 5.56 Å². The standard InChI is InChI=1S/C12H15N3O3S/c1-4-9-7-19-12(8(9)2)18-6-10-13-5-11(14(10)3)15(16)17/h5,7H,4,6H2,1-3H3. The molecule has 2 aromatic rings. The van der Waals surface area contributed by atoms with E-state index in [1.807, 2.05) is 6.92 Å². The summed E-state index contributed by atoms with van der Waals surface area (Å²) in [5.41, 5.74) is 2.40. The molecule has 0 spiro atoms. The zero-order chi connectivity index (χ0) is 14.0. The lowest BCUT2D eigenvalue weighted by molar-refractivity contribution is -0.391. The fourth-order valence-electron chi connectivity index (χ4n) is 1.79. The van der Waals surface area contributed by atoms with E-state index in [1.165, 1.54) is 16.3 Å². The van der Waals surface area contributed by atoms with Crippen molar-refractivity contribution in [1.82, 2.24) is 9.55 Å². The Morgan fingerprint density at radius 2 is 2.32 bits per heavy atom. The zero-order valence-corrected chi connectivity index (χ0v) is 11.9. The highest BCUT2D eigenvalue weighted by Crippen LogP contribution is 2.30. The first-order valence-corrected chi connectivity index (χ1v) is 6.77. The van der Waals surface area contributed by atoms with E-state index in [1.54, 1.807) is 18.4 Å². The van der Waals surface area contributed by atoms with Crippen LogP contribution in [0.15, 0.2) is 11.6 Å². The Kier molecular flexibility index (Phi) is 3.84. The van der Waals surface area contributed by atoms with Gasteiger partial charge in [-0.15, -0.1) is 11.3 Å². The molecule has 0 aromatic carbocycles. The number of hydrogen-bond acceptors (Lipinski definition) is 5. The lowest BCUT2D eigenvalue weighted by Crippen LogP contribution is -2.05. The van der Waals surface area contributed by atoms with Crippen molar-refractivity contribution in [3.05, 3.63) is 38.6 Å². The second-order valence-corrected chi connectivity index (χ2v) is 5.01. The molecule has 0 unspecified atom stereocenters. The van der Waals surface area contributed by atoms with Crippen molar-refractivity contribution < 1.29 is 9.66 Å². The first kappa shape index (κ1) is 13.5. The van der Waals surface area contributed by atoms with E-state index < -0.39 is 4.92 Å². The number of aryl methyl sites for hydroxylation is 1. The smallest absolute Gasteiger partial charge is 0.342 e. The Hall–Kier alpha value is -1.89. The lowest BCUT2D eigenvalue weighted by atomic mass is 10.2. The van der Waals surface area contributed by atoms with Crippen LogP contribution in [0.25, 0.3) is 0 Å². The molecule has 0 N–H and O–H groups in total. The molecule has 102 valence electrons. The SMILES string of the molecule is CCc1csc(OCc2ncc([N+](=O)[O-])n2C)c1C. The van der Waals surface area contributed by atoms with Gasteiger partial charge in [-0.3, -0.25) is 0 Å². The molecule has 2 heterocycles. The van der Waals surface area contributed by atoms with Crippen LogP contribution in [-0.4, -0.2) is 14.5 Å². The molecule has 0 saturated carbocycles. The van der Waals surface area contributed by atoms with E-state index in [0.717, 1.165) is 17.0 Å². The summed E-state index contributed by atoms with van der Waals surface area (Å²) in [7, 11) is 1.61. The van der Waals surface area contributed by atoms with Gasteiger partial charge in [0.15, 0.2) is 11.7 Å². The van der Waals surface area contributed by atoms with Gasteiger partial charge in [0.1, 0.15) is 6.20 Å². The molecule has 0 aliphatic rings. The highest BCUT2D eigenvalue weighted by Gasteiger charge is 2.17. The molecular formula is C12H15N3O3S. The van der Waals surface area contributed by atoms with Crippen molar-refractivity contribution in [3.63, 3.8) is 0 Å². The molecule has 0 amide bonds. The van der Waals surface area contributed by atoms with Gasteiger partial charge >= 0.3 is 5.82 Å². The van der Waals surface area contributed by atoms with Crippen LogP contribution in [-0.2, 0) is 20.1 Å². The van der Waals surface area contributed by atoms with E-state index in [0.29, 0.717) is 5.82 Å². The van der Waals surface area contributed by atoms with Crippen LogP contribution in [0.3, 0.4) is 0 Å². The van der Waals surface area contributed by atoms with Crippen molar-refractivity contribution in [2.24, 2.45) is 7.05 Å². The Balaban J connectivity index is 2.10. The van der Waals surface area contributed by atoms with Crippen LogP contribution >= 0.6 is 11.3 Å². The van der Waals surface area contributed by atoms with Gasteiger partial charge < -0.3 is 14.9 Å². The molecule has 19 heavy (non-hydrogen) atoms. The summed E-state index contributed by atoms with van der Waals surface area (Å²) in [6.07, 6.45) is 2.22. The fourth-order valence-corrected chi connectivity index (χ4v) is 2.82. The van der Waals surface area contributed by atoms with E-state index in [9.17, 15) is 10.1 Å². The Labute approximate surface area is 114 Å². The van der Waals surface area contributed by atoms with Crippen LogP contribution in [0, 0.1) is 17.0 Å². The number of hydrogen-bond donors (Lipinski definition) is 0. The van der Waals surface area contributed by atoms with Crippen LogP contribution in [0.4, 0.5) is 5.82 Å². The van der Waals surface area contributed by atoms with Crippen molar-refractivity contribution in [2.75, 3.05) is 0 Å². The van der Waals surface area contributed by atoms with Crippen LogP contribution < -0.4 is 4.74 Å². The number of imidazole rings is 1. The molecule has 0 fully saturated rings. The quantitative estimate of drug-likeness (QED) is 0.624. The molecule has 7 heteroatoms. The van der Waals surface area contributed by atoms with Crippen molar-refractivity contribution in [1.29, 1.82) is 0 Å². The topological polar surface area (TPSA) is 70.2 Å². The van der Waals surface area contributed by atoms with Crippen molar-refractivity contribution in [2.45, 2.75) is 26.9 Å². The summed E-state index contributed by atoms with van der Waals surface area (Å²) in [5.74, 6) is 0.508. The molecule has 6 nitrogen and oxygen atoms in total. The molecule has 0 saturated heterocycles. The second kappa shape index (κ2) is 5.40. The first-order chi connectivity index (χ1) is 9.04. The van der Waals surface area contributed by atoms with Gasteiger partial charge in [-0.05, 0) is 29.2 Å². The Bertz CT molecular complexity index is 603. The third kappa shape index (κ3) is 2.60. The summed E-state index contributed by atoms with van der Waals surface area (Å²) < 4.78 is 7.13. The van der Waals surface area contributed by atoms with E-state index in [2.05, 4.69) is 17.3 Å². The maximum absolute atomic E-state index is 10.7. The minimum atomic E-state index is -0.456. The number of nitro groups is 1. The summed E-state index contributed by atoms with van der Waals surface area (Å²) in [6.45, 7) is 4.35. The number of aromatic nitrogens is 2. The van der Waals surface area contributed by atoms with Gasteiger partial charge in [-0.25, -0.2) is 9.55 Å². The van der Waals surface area contributed by atoms with Crippen LogP contribution in [0.5, 0.6) is 5.06 Å². The van der Waals surface area contributed by atoms with E-state index >= 15 is 0 Å². The highest BCUT2D eigenvalue weighted by molar-refractivity contribution is 7.12. The lowest BCUT2D eigenvalue weighted by Gasteiger charge is -2.03. The molecule has 0 aliphatic carbocycles. The van der Waals surface area contributed by atoms with Gasteiger partial charge in [0.2, 0.25) is 5.82 Å².